The lowest BCUT2D eigenvalue weighted by Crippen LogP contribution is -2.30. The van der Waals surface area contributed by atoms with Gasteiger partial charge in [0.1, 0.15) is 11.6 Å². The zero-order valence-corrected chi connectivity index (χ0v) is 14.7. The van der Waals surface area contributed by atoms with Crippen LogP contribution in [0.15, 0.2) is 18.2 Å². The molecule has 1 unspecified atom stereocenters. The van der Waals surface area contributed by atoms with Gasteiger partial charge in [-0.15, -0.1) is 11.3 Å². The van der Waals surface area contributed by atoms with Crippen molar-refractivity contribution < 1.29 is 14.3 Å². The van der Waals surface area contributed by atoms with Gasteiger partial charge in [-0.1, -0.05) is 13.8 Å². The fraction of sp³-hybridized carbons (Fsp3) is 0.412. The maximum Gasteiger partial charge on any atom is 0.257 e. The Labute approximate surface area is 139 Å². The SMILES string of the molecule is Cc1nc(C(C)C)sc1C(C)N(C)C(=O)c1ccc(O)cc1F. The molecule has 2 aromatic rings. The summed E-state index contributed by atoms with van der Waals surface area (Å²) < 4.78 is 13.9. The van der Waals surface area contributed by atoms with Crippen molar-refractivity contribution in [1.29, 1.82) is 0 Å². The van der Waals surface area contributed by atoms with E-state index >= 15 is 0 Å². The molecule has 0 radical (unpaired) electrons. The van der Waals surface area contributed by atoms with Crippen molar-refractivity contribution >= 4 is 17.2 Å². The maximum atomic E-state index is 13.9. The average Bonchev–Trinajstić information content (AvgIpc) is 2.87. The van der Waals surface area contributed by atoms with Gasteiger partial charge < -0.3 is 10.0 Å². The number of carbonyl (C=O) groups is 1. The molecule has 0 saturated heterocycles. The fourth-order valence-corrected chi connectivity index (χ4v) is 3.45. The third-order valence-electron chi connectivity index (χ3n) is 3.81. The van der Waals surface area contributed by atoms with Crippen LogP contribution in [0.3, 0.4) is 0 Å². The molecule has 4 nitrogen and oxygen atoms in total. The molecule has 0 saturated carbocycles. The predicted molar refractivity (Wildman–Crippen MR) is 89.5 cm³/mol. The summed E-state index contributed by atoms with van der Waals surface area (Å²) in [5.74, 6) is -1.02. The van der Waals surface area contributed by atoms with Crippen molar-refractivity contribution in [1.82, 2.24) is 9.88 Å². The Morgan fingerprint density at radius 1 is 1.35 bits per heavy atom. The lowest BCUT2D eigenvalue weighted by Gasteiger charge is -2.24. The Morgan fingerprint density at radius 2 is 2.00 bits per heavy atom. The van der Waals surface area contributed by atoms with E-state index in [2.05, 4.69) is 18.8 Å². The minimum absolute atomic E-state index is 0.0524. The number of carbonyl (C=O) groups excluding carboxylic acids is 1. The summed E-state index contributed by atoms with van der Waals surface area (Å²) in [5, 5.41) is 10.3. The first-order chi connectivity index (χ1) is 10.7. The second-order valence-corrected chi connectivity index (χ2v) is 6.97. The quantitative estimate of drug-likeness (QED) is 0.908. The van der Waals surface area contributed by atoms with E-state index < -0.39 is 11.7 Å². The summed E-state index contributed by atoms with van der Waals surface area (Å²) in [7, 11) is 1.65. The minimum Gasteiger partial charge on any atom is -0.508 e. The fourth-order valence-electron chi connectivity index (χ4n) is 2.28. The van der Waals surface area contributed by atoms with Crippen LogP contribution in [-0.4, -0.2) is 27.9 Å². The molecule has 1 aromatic heterocycles. The number of phenols is 1. The Balaban J connectivity index is 2.28. The van der Waals surface area contributed by atoms with Gasteiger partial charge in [0.15, 0.2) is 0 Å². The van der Waals surface area contributed by atoms with E-state index in [-0.39, 0.29) is 17.4 Å². The molecule has 1 aromatic carbocycles. The van der Waals surface area contributed by atoms with Crippen LogP contribution in [0.25, 0.3) is 0 Å². The van der Waals surface area contributed by atoms with Gasteiger partial charge in [-0.2, -0.15) is 0 Å². The van der Waals surface area contributed by atoms with E-state index in [1.807, 2.05) is 13.8 Å². The summed E-state index contributed by atoms with van der Waals surface area (Å²) in [6.07, 6.45) is 0. The van der Waals surface area contributed by atoms with E-state index in [0.29, 0.717) is 5.92 Å². The molecule has 6 heteroatoms. The van der Waals surface area contributed by atoms with Crippen molar-refractivity contribution in [2.24, 2.45) is 0 Å². The number of thiazole rings is 1. The van der Waals surface area contributed by atoms with Gasteiger partial charge in [-0.3, -0.25) is 4.79 Å². The Kier molecular flexibility index (Phi) is 5.04. The monoisotopic (exact) mass is 336 g/mol. The summed E-state index contributed by atoms with van der Waals surface area (Å²) in [6, 6.07) is 3.35. The molecule has 124 valence electrons. The van der Waals surface area contributed by atoms with Crippen LogP contribution in [0.1, 0.15) is 58.7 Å². The lowest BCUT2D eigenvalue weighted by atomic mass is 10.1. The molecule has 23 heavy (non-hydrogen) atoms. The van der Waals surface area contributed by atoms with Gasteiger partial charge in [-0.05, 0) is 26.0 Å². The number of phenolic OH excluding ortho intramolecular Hbond substituents is 1. The van der Waals surface area contributed by atoms with Crippen LogP contribution >= 0.6 is 11.3 Å². The van der Waals surface area contributed by atoms with E-state index in [1.165, 1.54) is 17.0 Å². The highest BCUT2D eigenvalue weighted by Crippen LogP contribution is 2.32. The van der Waals surface area contributed by atoms with Gasteiger partial charge in [0.2, 0.25) is 0 Å². The number of aromatic nitrogens is 1. The number of amides is 1. The zero-order chi connectivity index (χ0) is 17.3. The van der Waals surface area contributed by atoms with Crippen LogP contribution in [0, 0.1) is 12.7 Å². The predicted octanol–water partition coefficient (Wildman–Crippen LogP) is 4.25. The molecular weight excluding hydrogens is 315 g/mol. The first-order valence-electron chi connectivity index (χ1n) is 7.45. The highest BCUT2D eigenvalue weighted by atomic mass is 32.1. The lowest BCUT2D eigenvalue weighted by molar-refractivity contribution is 0.0740. The molecule has 0 aliphatic heterocycles. The van der Waals surface area contributed by atoms with Crippen molar-refractivity contribution in [3.8, 4) is 5.75 Å². The topological polar surface area (TPSA) is 53.4 Å². The Hall–Kier alpha value is -1.95. The third-order valence-corrected chi connectivity index (χ3v) is 5.43. The van der Waals surface area contributed by atoms with Gasteiger partial charge in [-0.25, -0.2) is 9.37 Å². The molecule has 0 aliphatic rings. The Morgan fingerprint density at radius 3 is 2.52 bits per heavy atom. The molecule has 1 atom stereocenters. The second-order valence-electron chi connectivity index (χ2n) is 5.91. The highest BCUT2D eigenvalue weighted by molar-refractivity contribution is 7.11. The first-order valence-corrected chi connectivity index (χ1v) is 8.27. The standard InChI is InChI=1S/C17H21FN2O2S/c1-9(2)16-19-10(3)15(23-16)11(4)20(5)17(22)13-7-6-12(21)8-14(13)18/h6-9,11,21H,1-5H3. The summed E-state index contributed by atoms with van der Waals surface area (Å²) in [5.41, 5.74) is 0.848. The average molecular weight is 336 g/mol. The molecule has 0 fully saturated rings. The van der Waals surface area contributed by atoms with E-state index in [1.54, 1.807) is 18.4 Å². The molecule has 0 aliphatic carbocycles. The van der Waals surface area contributed by atoms with Gasteiger partial charge >= 0.3 is 0 Å². The molecule has 2 rings (SSSR count). The van der Waals surface area contributed by atoms with Crippen molar-refractivity contribution in [3.05, 3.63) is 45.2 Å². The number of aromatic hydroxyl groups is 1. The van der Waals surface area contributed by atoms with Crippen LogP contribution in [0.4, 0.5) is 4.39 Å². The van der Waals surface area contributed by atoms with Crippen molar-refractivity contribution in [3.63, 3.8) is 0 Å². The maximum absolute atomic E-state index is 13.9. The first kappa shape index (κ1) is 17.4. The van der Waals surface area contributed by atoms with Crippen LogP contribution in [0.5, 0.6) is 5.75 Å². The summed E-state index contributed by atoms with van der Waals surface area (Å²) in [4.78, 5) is 19.6. The third kappa shape index (κ3) is 3.52. The number of nitrogens with zero attached hydrogens (tertiary/aromatic N) is 2. The van der Waals surface area contributed by atoms with E-state index in [9.17, 15) is 14.3 Å². The number of rotatable bonds is 4. The summed E-state index contributed by atoms with van der Waals surface area (Å²) in [6.45, 7) is 7.98. The second kappa shape index (κ2) is 6.66. The highest BCUT2D eigenvalue weighted by Gasteiger charge is 2.25. The number of benzene rings is 1. The molecule has 1 N–H and O–H groups in total. The van der Waals surface area contributed by atoms with Crippen LogP contribution < -0.4 is 0 Å². The number of hydrogen-bond acceptors (Lipinski definition) is 4. The van der Waals surface area contributed by atoms with Crippen LogP contribution in [0.2, 0.25) is 0 Å². The van der Waals surface area contributed by atoms with Crippen LogP contribution in [-0.2, 0) is 0 Å². The van der Waals surface area contributed by atoms with Crippen molar-refractivity contribution in [2.75, 3.05) is 7.05 Å². The molecule has 1 heterocycles. The zero-order valence-electron chi connectivity index (χ0n) is 13.9. The van der Waals surface area contributed by atoms with E-state index in [4.69, 9.17) is 0 Å². The van der Waals surface area contributed by atoms with Gasteiger partial charge in [0.05, 0.1) is 22.3 Å². The van der Waals surface area contributed by atoms with Crippen molar-refractivity contribution in [2.45, 2.75) is 39.7 Å². The molecular formula is C17H21FN2O2S. The van der Waals surface area contributed by atoms with Gasteiger partial charge in [0.25, 0.3) is 5.91 Å². The smallest absolute Gasteiger partial charge is 0.257 e. The molecule has 0 bridgehead atoms. The van der Waals surface area contributed by atoms with Gasteiger partial charge in [0, 0.05) is 23.9 Å². The summed E-state index contributed by atoms with van der Waals surface area (Å²) >= 11 is 1.58. The number of hydrogen-bond donors (Lipinski definition) is 1. The Bertz CT molecular complexity index is 727. The normalized spacial score (nSPS) is 12.5. The molecule has 1 amide bonds. The number of halogens is 1. The number of aryl methyl sites for hydroxylation is 1. The molecule has 0 spiro atoms. The largest absolute Gasteiger partial charge is 0.508 e. The minimum atomic E-state index is -0.724. The van der Waals surface area contributed by atoms with E-state index in [0.717, 1.165) is 21.6 Å².